The summed E-state index contributed by atoms with van der Waals surface area (Å²) in [6.45, 7) is 0. The van der Waals surface area contributed by atoms with Crippen molar-refractivity contribution in [3.8, 4) is 168 Å². The van der Waals surface area contributed by atoms with E-state index in [1.54, 1.807) is 0 Å². The molecule has 0 bridgehead atoms. The third kappa shape index (κ3) is 11.9. The highest BCUT2D eigenvalue weighted by molar-refractivity contribution is 6.03. The zero-order chi connectivity index (χ0) is 67.7. The van der Waals surface area contributed by atoms with Gasteiger partial charge in [-0.15, -0.1) is 0 Å². The topological polar surface area (TPSA) is 77.8 Å². The first-order chi connectivity index (χ1) is 50.5. The maximum Gasteiger partial charge on any atom is 0.227 e. The Labute approximate surface area is 591 Å². The van der Waals surface area contributed by atoms with Crippen LogP contribution in [0.15, 0.2) is 385 Å². The number of nitrogens with zero attached hydrogens (tertiary/aromatic N) is 4. The van der Waals surface area contributed by atoms with Crippen LogP contribution in [0.25, 0.3) is 190 Å². The van der Waals surface area contributed by atoms with Crippen LogP contribution in [0.5, 0.6) is 0 Å². The molecule has 0 atom stereocenters. The van der Waals surface area contributed by atoms with Crippen LogP contribution in [0, 0.1) is 0 Å². The first kappa shape index (κ1) is 60.7. The fraction of sp³-hybridized carbons (Fsp3) is 0. The minimum Gasteiger partial charge on any atom is -0.435 e. The lowest BCUT2D eigenvalue weighted by molar-refractivity contribution is 0.620. The lowest BCUT2D eigenvalue weighted by atomic mass is 9.95. The van der Waals surface area contributed by atoms with E-state index in [1.807, 2.05) is 48.7 Å². The molecule has 4 heterocycles. The first-order valence-corrected chi connectivity index (χ1v) is 34.4. The van der Waals surface area contributed by atoms with E-state index < -0.39 is 0 Å². The smallest absolute Gasteiger partial charge is 0.227 e. The van der Waals surface area contributed by atoms with E-state index in [-0.39, 0.29) is 0 Å². The van der Waals surface area contributed by atoms with Gasteiger partial charge in [0.05, 0.1) is 17.1 Å². The van der Waals surface area contributed by atoms with Crippen molar-refractivity contribution in [1.82, 2.24) is 19.9 Å². The Morgan fingerprint density at radius 3 is 0.745 bits per heavy atom. The summed E-state index contributed by atoms with van der Waals surface area (Å²) in [6, 6.07) is 130. The van der Waals surface area contributed by atoms with Crippen LogP contribution >= 0.6 is 0 Å². The molecule has 0 radical (unpaired) electrons. The van der Waals surface area contributed by atoms with Crippen LogP contribution in [0.3, 0.4) is 0 Å². The number of hydrogen-bond acceptors (Lipinski definition) is 6. The van der Waals surface area contributed by atoms with Crippen molar-refractivity contribution in [2.24, 2.45) is 0 Å². The van der Waals surface area contributed by atoms with E-state index in [4.69, 9.17) is 28.8 Å². The Morgan fingerprint density at radius 2 is 0.422 bits per heavy atom. The highest BCUT2D eigenvalue weighted by Crippen LogP contribution is 2.43. The van der Waals surface area contributed by atoms with Gasteiger partial charge in [0.1, 0.15) is 11.0 Å². The highest BCUT2D eigenvalue weighted by Gasteiger charge is 2.22. The van der Waals surface area contributed by atoms with Gasteiger partial charge in [-0.05, 0) is 155 Å². The molecule has 0 amide bonds. The second-order valence-electron chi connectivity index (χ2n) is 25.6. The van der Waals surface area contributed by atoms with Gasteiger partial charge in [0.15, 0.2) is 11.2 Å². The molecule has 14 aromatic carbocycles. The monoisotopic (exact) mass is 1300 g/mol. The van der Waals surface area contributed by atoms with Crippen LogP contribution in [-0.4, -0.2) is 19.9 Å². The van der Waals surface area contributed by atoms with E-state index in [9.17, 15) is 0 Å². The summed E-state index contributed by atoms with van der Waals surface area (Å²) in [5.41, 5.74) is 32.3. The van der Waals surface area contributed by atoms with Crippen molar-refractivity contribution in [3.05, 3.63) is 376 Å². The predicted molar refractivity (Wildman–Crippen MR) is 419 cm³/mol. The average molecular weight is 1300 g/mol. The van der Waals surface area contributed by atoms with Gasteiger partial charge in [0, 0.05) is 50.7 Å². The van der Waals surface area contributed by atoms with Crippen LogP contribution in [0.1, 0.15) is 0 Å². The van der Waals surface area contributed by atoms with Crippen molar-refractivity contribution in [3.63, 3.8) is 0 Å². The van der Waals surface area contributed by atoms with Gasteiger partial charge in [0.2, 0.25) is 11.8 Å². The van der Waals surface area contributed by atoms with Gasteiger partial charge in [0.25, 0.3) is 0 Å². The number of rotatable bonds is 15. The lowest BCUT2D eigenvalue weighted by Crippen LogP contribution is -1.94. The summed E-state index contributed by atoms with van der Waals surface area (Å²) in [7, 11) is 0. The minimum atomic E-state index is 0.559. The van der Waals surface area contributed by atoms with Crippen molar-refractivity contribution >= 4 is 22.2 Å². The number of oxazole rings is 2. The summed E-state index contributed by atoms with van der Waals surface area (Å²) < 4.78 is 13.8. The summed E-state index contributed by atoms with van der Waals surface area (Å²) in [4.78, 5) is 20.6. The Balaban J connectivity index is 0.627. The Morgan fingerprint density at radius 1 is 0.167 bits per heavy atom. The molecule has 0 unspecified atom stereocenters. The number of pyridine rings is 2. The number of hydrogen-bond donors (Lipinski definition) is 0. The number of benzene rings is 14. The SMILES string of the molecule is c1ccc(-c2ccc(-c3ccc(-c4ccc(-c5ccccc5)cc4)c4oc(-c5ccc(-c6ccc(-c7ccc(-c8ccccn8)nc7-c7ccc(-c8ccc(-c9nc%10c(-c%11ccc(-c%12ccccc%12)cc%11)ccc(-c%11ccc(-c%12ccccc%12)cc%11)c%10o9)cc8)cc7)cc6)cc5)nc34)cc2)cc1. The van der Waals surface area contributed by atoms with E-state index in [2.05, 4.69) is 328 Å². The second-order valence-corrected chi connectivity index (χ2v) is 25.6. The summed E-state index contributed by atoms with van der Waals surface area (Å²) in [5.74, 6) is 1.12. The maximum atomic E-state index is 6.89. The molecule has 18 rings (SSSR count). The molecule has 0 aliphatic carbocycles. The number of aromatic nitrogens is 4. The summed E-state index contributed by atoms with van der Waals surface area (Å²) in [5, 5.41) is 0. The van der Waals surface area contributed by atoms with Gasteiger partial charge in [-0.3, -0.25) is 4.98 Å². The Kier molecular flexibility index (Phi) is 15.8. The van der Waals surface area contributed by atoms with E-state index >= 15 is 0 Å². The molecule has 6 heteroatoms. The zero-order valence-electron chi connectivity index (χ0n) is 55.4. The van der Waals surface area contributed by atoms with Crippen LogP contribution < -0.4 is 0 Å². The second kappa shape index (κ2) is 26.6. The third-order valence-corrected chi connectivity index (χ3v) is 19.4. The highest BCUT2D eigenvalue weighted by atomic mass is 16.4. The molecular weight excluding hydrogens is 1240 g/mol. The van der Waals surface area contributed by atoms with Crippen molar-refractivity contribution < 1.29 is 8.83 Å². The standard InChI is InChI=1S/C96H62N4O2/c1-5-15-63(16-6-1)67-24-42-76(43-25-67)84-56-58-86(78-46-30-69(31-47-78)65-19-9-3-10-20-65)93-91(84)99-95(101-93)81-52-36-73(37-53-81)71-28-40-75(41-29-71)83-60-61-89(88-23-13-14-62-97-88)98-90(83)80-50-34-72(35-51-80)74-38-54-82(55-39-74)96-100-92-85(77-44-26-68(27-45-77)64-17-7-2-8-18-64)57-59-87(94(92)102-96)79-48-32-70(33-49-79)66-21-11-4-12-22-66/h1-62H. The largest absolute Gasteiger partial charge is 0.435 e. The first-order valence-electron chi connectivity index (χ1n) is 34.4. The third-order valence-electron chi connectivity index (χ3n) is 19.4. The van der Waals surface area contributed by atoms with Gasteiger partial charge in [-0.1, -0.05) is 309 Å². The van der Waals surface area contributed by atoms with Gasteiger partial charge in [-0.2, -0.15) is 0 Å². The van der Waals surface area contributed by atoms with Gasteiger partial charge < -0.3 is 8.83 Å². The van der Waals surface area contributed by atoms with Crippen LogP contribution in [-0.2, 0) is 0 Å². The molecule has 102 heavy (non-hydrogen) atoms. The van der Waals surface area contributed by atoms with Crippen molar-refractivity contribution in [1.29, 1.82) is 0 Å². The molecule has 0 saturated carbocycles. The molecule has 0 fully saturated rings. The summed E-state index contributed by atoms with van der Waals surface area (Å²) >= 11 is 0. The van der Waals surface area contributed by atoms with Crippen molar-refractivity contribution in [2.45, 2.75) is 0 Å². The van der Waals surface area contributed by atoms with Gasteiger partial charge >= 0.3 is 0 Å². The zero-order valence-corrected chi connectivity index (χ0v) is 55.4. The quantitative estimate of drug-likeness (QED) is 0.102. The molecule has 0 aliphatic rings. The van der Waals surface area contributed by atoms with Crippen LogP contribution in [0.2, 0.25) is 0 Å². The molecule has 0 aliphatic heterocycles. The van der Waals surface area contributed by atoms with Gasteiger partial charge in [-0.25, -0.2) is 15.0 Å². The molecule has 18 aromatic rings. The molecule has 0 saturated heterocycles. The number of fused-ring (bicyclic) bond motifs is 2. The predicted octanol–water partition coefficient (Wildman–Crippen LogP) is 25.8. The van der Waals surface area contributed by atoms with E-state index in [0.29, 0.717) is 11.8 Å². The normalized spacial score (nSPS) is 11.3. The molecule has 0 spiro atoms. The Bertz CT molecular complexity index is 5750. The fourth-order valence-corrected chi connectivity index (χ4v) is 13.9. The lowest BCUT2D eigenvalue weighted by Gasteiger charge is -2.13. The van der Waals surface area contributed by atoms with Crippen LogP contribution in [0.4, 0.5) is 0 Å². The Hall–Kier alpha value is -13.7. The molecule has 4 aromatic heterocycles. The minimum absolute atomic E-state index is 0.559. The van der Waals surface area contributed by atoms with E-state index in [0.717, 1.165) is 156 Å². The fourth-order valence-electron chi connectivity index (χ4n) is 13.9. The van der Waals surface area contributed by atoms with E-state index in [1.165, 1.54) is 22.3 Å². The van der Waals surface area contributed by atoms with Crippen molar-refractivity contribution in [2.75, 3.05) is 0 Å². The molecular formula is C96H62N4O2. The average Bonchev–Trinajstić information content (AvgIpc) is 1.60. The molecule has 6 nitrogen and oxygen atoms in total. The maximum absolute atomic E-state index is 6.89. The summed E-state index contributed by atoms with van der Waals surface area (Å²) in [6.07, 6.45) is 1.81. The molecule has 0 N–H and O–H groups in total. The molecule has 478 valence electrons.